The van der Waals surface area contributed by atoms with Crippen LogP contribution in [0.2, 0.25) is 0 Å². The number of hydrogen-bond acceptors (Lipinski definition) is 3. The summed E-state index contributed by atoms with van der Waals surface area (Å²) in [7, 11) is 0. The highest BCUT2D eigenvalue weighted by atomic mass is 16.5. The third-order valence-corrected chi connectivity index (χ3v) is 4.19. The van der Waals surface area contributed by atoms with E-state index in [1.165, 1.54) is 0 Å². The summed E-state index contributed by atoms with van der Waals surface area (Å²) in [6.07, 6.45) is 0. The van der Waals surface area contributed by atoms with Crippen molar-refractivity contribution in [2.24, 2.45) is 0 Å². The molecule has 0 fully saturated rings. The number of benzene rings is 2. The van der Waals surface area contributed by atoms with Crippen LogP contribution in [0.15, 0.2) is 36.4 Å². The predicted octanol–water partition coefficient (Wildman–Crippen LogP) is 4.27. The van der Waals surface area contributed by atoms with Crippen molar-refractivity contribution in [3.8, 4) is 11.5 Å². The van der Waals surface area contributed by atoms with Crippen LogP contribution in [-0.2, 0) is 4.79 Å². The second-order valence-corrected chi connectivity index (χ2v) is 6.28. The molecule has 0 heterocycles. The molecule has 0 saturated heterocycles. The van der Waals surface area contributed by atoms with Crippen LogP contribution in [-0.4, -0.2) is 19.1 Å². The summed E-state index contributed by atoms with van der Waals surface area (Å²) in [6, 6.07) is 11.7. The first-order chi connectivity index (χ1) is 11.9. The Hall–Kier alpha value is -2.49. The highest BCUT2D eigenvalue weighted by Crippen LogP contribution is 2.23. The van der Waals surface area contributed by atoms with E-state index in [0.29, 0.717) is 6.61 Å². The van der Waals surface area contributed by atoms with Crippen molar-refractivity contribution in [1.29, 1.82) is 0 Å². The zero-order chi connectivity index (χ0) is 18.4. The molecule has 0 aliphatic heterocycles. The molecule has 134 valence electrons. The van der Waals surface area contributed by atoms with Crippen molar-refractivity contribution < 1.29 is 14.3 Å². The molecule has 1 atom stereocenters. The molecule has 0 radical (unpaired) electrons. The van der Waals surface area contributed by atoms with Crippen LogP contribution in [0.1, 0.15) is 42.1 Å². The molecular weight excluding hydrogens is 314 g/mol. The number of aryl methyl sites for hydroxylation is 2. The van der Waals surface area contributed by atoms with Gasteiger partial charge in [-0.15, -0.1) is 0 Å². The maximum Gasteiger partial charge on any atom is 0.258 e. The first kappa shape index (κ1) is 18.8. The van der Waals surface area contributed by atoms with Crippen LogP contribution in [0.3, 0.4) is 0 Å². The lowest BCUT2D eigenvalue weighted by Crippen LogP contribution is -2.31. The lowest BCUT2D eigenvalue weighted by Gasteiger charge is -2.16. The zero-order valence-corrected chi connectivity index (χ0v) is 15.7. The number of carbonyl (C=O) groups is 1. The van der Waals surface area contributed by atoms with E-state index in [1.54, 1.807) is 0 Å². The van der Waals surface area contributed by atoms with Gasteiger partial charge in [0.25, 0.3) is 5.91 Å². The third kappa shape index (κ3) is 5.24. The summed E-state index contributed by atoms with van der Waals surface area (Å²) >= 11 is 0. The Balaban J connectivity index is 1.91. The third-order valence-electron chi connectivity index (χ3n) is 4.19. The number of rotatable bonds is 7. The van der Waals surface area contributed by atoms with Gasteiger partial charge in [0.1, 0.15) is 11.5 Å². The Morgan fingerprint density at radius 3 is 2.40 bits per heavy atom. The minimum absolute atomic E-state index is 0.00506. The quantitative estimate of drug-likeness (QED) is 0.818. The normalized spacial score (nSPS) is 11.7. The molecule has 0 aromatic heterocycles. The van der Waals surface area contributed by atoms with E-state index in [0.717, 1.165) is 33.8 Å². The van der Waals surface area contributed by atoms with E-state index in [4.69, 9.17) is 9.47 Å². The van der Waals surface area contributed by atoms with E-state index in [2.05, 4.69) is 11.4 Å². The summed E-state index contributed by atoms with van der Waals surface area (Å²) in [5.41, 5.74) is 4.39. The number of amides is 1. The van der Waals surface area contributed by atoms with Crippen molar-refractivity contribution in [3.05, 3.63) is 58.7 Å². The average molecular weight is 341 g/mol. The van der Waals surface area contributed by atoms with Gasteiger partial charge in [0.2, 0.25) is 0 Å². The largest absolute Gasteiger partial charge is 0.494 e. The highest BCUT2D eigenvalue weighted by molar-refractivity contribution is 5.78. The van der Waals surface area contributed by atoms with Crippen LogP contribution in [0.25, 0.3) is 0 Å². The Bertz CT molecular complexity index is 723. The topological polar surface area (TPSA) is 47.6 Å². The van der Waals surface area contributed by atoms with E-state index in [-0.39, 0.29) is 18.6 Å². The first-order valence-electron chi connectivity index (χ1n) is 8.63. The van der Waals surface area contributed by atoms with Gasteiger partial charge in [0.05, 0.1) is 12.6 Å². The maximum atomic E-state index is 12.2. The molecule has 1 N–H and O–H groups in total. The molecule has 2 aromatic rings. The van der Waals surface area contributed by atoms with Gasteiger partial charge in [-0.3, -0.25) is 4.79 Å². The predicted molar refractivity (Wildman–Crippen MR) is 100 cm³/mol. The van der Waals surface area contributed by atoms with E-state index in [9.17, 15) is 4.79 Å². The fraction of sp³-hybridized carbons (Fsp3) is 0.381. The molecule has 0 aliphatic carbocycles. The van der Waals surface area contributed by atoms with Gasteiger partial charge in [0.15, 0.2) is 6.61 Å². The molecule has 0 spiro atoms. The molecular formula is C21H27NO3. The standard InChI is InChI=1S/C21H27NO3/c1-6-24-19-9-7-18(8-10-19)17(5)22-21(23)13-25-20-12-14(2)11-15(3)16(20)4/h7-12,17H,6,13H2,1-5H3,(H,22,23)/t17-/m0/s1. The van der Waals surface area contributed by atoms with E-state index >= 15 is 0 Å². The minimum Gasteiger partial charge on any atom is -0.494 e. The second-order valence-electron chi connectivity index (χ2n) is 6.28. The highest BCUT2D eigenvalue weighted by Gasteiger charge is 2.12. The van der Waals surface area contributed by atoms with E-state index < -0.39 is 0 Å². The molecule has 0 unspecified atom stereocenters. The number of hydrogen-bond donors (Lipinski definition) is 1. The van der Waals surface area contributed by atoms with Crippen LogP contribution >= 0.6 is 0 Å². The summed E-state index contributed by atoms with van der Waals surface area (Å²) in [6.45, 7) is 10.6. The SMILES string of the molecule is CCOc1ccc([C@H](C)NC(=O)COc2cc(C)cc(C)c2C)cc1. The molecule has 25 heavy (non-hydrogen) atoms. The molecule has 2 rings (SSSR count). The molecule has 4 nitrogen and oxygen atoms in total. The van der Waals surface area contributed by atoms with Gasteiger partial charge in [-0.25, -0.2) is 0 Å². The smallest absolute Gasteiger partial charge is 0.258 e. The maximum absolute atomic E-state index is 12.2. The Morgan fingerprint density at radius 1 is 1.08 bits per heavy atom. The van der Waals surface area contributed by atoms with Gasteiger partial charge in [0, 0.05) is 0 Å². The summed E-state index contributed by atoms with van der Waals surface area (Å²) < 4.78 is 11.1. The number of nitrogens with one attached hydrogen (secondary N) is 1. The molecule has 1 amide bonds. The lowest BCUT2D eigenvalue weighted by atomic mass is 10.1. The van der Waals surface area contributed by atoms with Gasteiger partial charge in [-0.2, -0.15) is 0 Å². The Kier molecular flexibility index (Phi) is 6.45. The van der Waals surface area contributed by atoms with Crippen molar-refractivity contribution in [1.82, 2.24) is 5.32 Å². The van der Waals surface area contributed by atoms with Crippen LogP contribution in [0, 0.1) is 20.8 Å². The zero-order valence-electron chi connectivity index (χ0n) is 15.7. The van der Waals surface area contributed by atoms with Crippen molar-refractivity contribution >= 4 is 5.91 Å². The minimum atomic E-state index is -0.139. The van der Waals surface area contributed by atoms with Crippen LogP contribution < -0.4 is 14.8 Å². The second kappa shape index (κ2) is 8.56. The van der Waals surface area contributed by atoms with Gasteiger partial charge >= 0.3 is 0 Å². The van der Waals surface area contributed by atoms with Gasteiger partial charge in [-0.1, -0.05) is 18.2 Å². The average Bonchev–Trinajstić information content (AvgIpc) is 2.57. The molecule has 0 bridgehead atoms. The molecule has 4 heteroatoms. The summed E-state index contributed by atoms with van der Waals surface area (Å²) in [5, 5.41) is 2.96. The fourth-order valence-electron chi connectivity index (χ4n) is 2.68. The number of carbonyl (C=O) groups excluding carboxylic acids is 1. The van der Waals surface area contributed by atoms with E-state index in [1.807, 2.05) is 65.0 Å². The summed E-state index contributed by atoms with van der Waals surface area (Å²) in [5.74, 6) is 1.46. The number of ether oxygens (including phenoxy) is 2. The molecule has 2 aromatic carbocycles. The molecule has 0 saturated carbocycles. The molecule has 0 aliphatic rings. The van der Waals surface area contributed by atoms with Crippen molar-refractivity contribution in [2.45, 2.75) is 40.7 Å². The summed E-state index contributed by atoms with van der Waals surface area (Å²) in [4.78, 5) is 12.2. The van der Waals surface area contributed by atoms with Gasteiger partial charge < -0.3 is 14.8 Å². The fourth-order valence-corrected chi connectivity index (χ4v) is 2.68. The van der Waals surface area contributed by atoms with Crippen LogP contribution in [0.5, 0.6) is 11.5 Å². The van der Waals surface area contributed by atoms with Crippen molar-refractivity contribution in [3.63, 3.8) is 0 Å². The first-order valence-corrected chi connectivity index (χ1v) is 8.63. The monoisotopic (exact) mass is 341 g/mol. The lowest BCUT2D eigenvalue weighted by molar-refractivity contribution is -0.123. The van der Waals surface area contributed by atoms with Gasteiger partial charge in [-0.05, 0) is 75.1 Å². The Morgan fingerprint density at radius 2 is 1.76 bits per heavy atom. The van der Waals surface area contributed by atoms with Crippen molar-refractivity contribution in [2.75, 3.05) is 13.2 Å². The van der Waals surface area contributed by atoms with Crippen LogP contribution in [0.4, 0.5) is 0 Å². The Labute approximate surface area is 150 Å².